The van der Waals surface area contributed by atoms with Crippen LogP contribution in [0.25, 0.3) is 0 Å². The summed E-state index contributed by atoms with van der Waals surface area (Å²) >= 11 is 6.20. The predicted octanol–water partition coefficient (Wildman–Crippen LogP) is 6.36. The molecule has 4 aromatic carbocycles. The highest BCUT2D eigenvalue weighted by atomic mass is 35.5. The van der Waals surface area contributed by atoms with E-state index in [1.54, 1.807) is 97.1 Å². The second-order valence-electron chi connectivity index (χ2n) is 8.97. The molecule has 0 aliphatic heterocycles. The van der Waals surface area contributed by atoms with Crippen LogP contribution in [0.5, 0.6) is 0 Å². The molecule has 0 aromatic heterocycles. The maximum absolute atomic E-state index is 13.3. The normalized spacial score (nSPS) is 11.3. The van der Waals surface area contributed by atoms with Crippen LogP contribution in [-0.2, 0) is 9.53 Å². The van der Waals surface area contributed by atoms with Gasteiger partial charge in [0.1, 0.15) is 6.04 Å². The van der Waals surface area contributed by atoms with Crippen molar-refractivity contribution >= 4 is 40.6 Å². The molecule has 7 heteroatoms. The number of benzene rings is 4. The summed E-state index contributed by atoms with van der Waals surface area (Å²) in [6, 6.07) is 27.6. The largest absolute Gasteiger partial charge is 0.456 e. The minimum absolute atomic E-state index is 0.231. The predicted molar refractivity (Wildman–Crippen MR) is 151 cm³/mol. The first kappa shape index (κ1) is 27.5. The van der Waals surface area contributed by atoms with E-state index in [1.165, 1.54) is 6.07 Å². The molecule has 0 unspecified atom stereocenters. The highest BCUT2D eigenvalue weighted by Crippen LogP contribution is 2.25. The highest BCUT2D eigenvalue weighted by molar-refractivity contribution is 6.31. The van der Waals surface area contributed by atoms with Crippen molar-refractivity contribution in [3.63, 3.8) is 0 Å². The fraction of sp³-hybridized carbons (Fsp3) is 0.125. The Balaban J connectivity index is 1.59. The van der Waals surface area contributed by atoms with Crippen molar-refractivity contribution < 1.29 is 23.9 Å². The number of hydrogen-bond acceptors (Lipinski definition) is 6. The molecule has 196 valence electrons. The van der Waals surface area contributed by atoms with Crippen LogP contribution in [-0.4, -0.2) is 36.0 Å². The minimum atomic E-state index is -1.17. The molecule has 0 aliphatic carbocycles. The second-order valence-corrected chi connectivity index (χ2v) is 9.41. The van der Waals surface area contributed by atoms with Gasteiger partial charge in [0.05, 0.1) is 0 Å². The average Bonchev–Trinajstić information content (AvgIpc) is 2.97. The quantitative estimate of drug-likeness (QED) is 0.176. The van der Waals surface area contributed by atoms with Gasteiger partial charge in [-0.15, -0.1) is 0 Å². The van der Waals surface area contributed by atoms with Gasteiger partial charge in [0, 0.05) is 39.4 Å². The van der Waals surface area contributed by atoms with Gasteiger partial charge >= 0.3 is 5.97 Å². The lowest BCUT2D eigenvalue weighted by Gasteiger charge is -2.20. The summed E-state index contributed by atoms with van der Waals surface area (Å²) in [6.07, 6.45) is -0.261. The molecular formula is C32H26ClNO5. The first-order chi connectivity index (χ1) is 18.8. The summed E-state index contributed by atoms with van der Waals surface area (Å²) < 4.78 is 5.35. The maximum Gasteiger partial charge on any atom is 0.329 e. The summed E-state index contributed by atoms with van der Waals surface area (Å²) in [7, 11) is 0. The molecule has 0 saturated carbocycles. The van der Waals surface area contributed by atoms with E-state index in [4.69, 9.17) is 16.3 Å². The number of ketones is 3. The molecule has 0 aliphatic rings. The zero-order valence-electron chi connectivity index (χ0n) is 21.2. The van der Waals surface area contributed by atoms with Crippen LogP contribution in [0, 0.1) is 6.92 Å². The Labute approximate surface area is 231 Å². The molecular weight excluding hydrogens is 514 g/mol. The van der Waals surface area contributed by atoms with Crippen molar-refractivity contribution in [3.8, 4) is 0 Å². The Bertz CT molecular complexity index is 1480. The van der Waals surface area contributed by atoms with E-state index in [-0.39, 0.29) is 29.3 Å². The van der Waals surface area contributed by atoms with Gasteiger partial charge < -0.3 is 10.1 Å². The number of aryl methyl sites for hydroxylation is 1. The molecule has 0 bridgehead atoms. The summed E-state index contributed by atoms with van der Waals surface area (Å²) in [5.74, 6) is -1.79. The fourth-order valence-corrected chi connectivity index (χ4v) is 4.12. The van der Waals surface area contributed by atoms with E-state index in [0.29, 0.717) is 27.4 Å². The number of ether oxygens (including phenoxy) is 1. The van der Waals surface area contributed by atoms with Gasteiger partial charge in [-0.25, -0.2) is 4.79 Å². The van der Waals surface area contributed by atoms with Gasteiger partial charge in [0.15, 0.2) is 24.0 Å². The fourth-order valence-electron chi connectivity index (χ4n) is 3.94. The molecule has 1 atom stereocenters. The Morgan fingerprint density at radius 2 is 1.33 bits per heavy atom. The minimum Gasteiger partial charge on any atom is -0.456 e. The van der Waals surface area contributed by atoms with Crippen LogP contribution in [0.1, 0.15) is 48.6 Å². The smallest absolute Gasteiger partial charge is 0.329 e. The molecule has 4 rings (SSSR count). The molecule has 0 spiro atoms. The lowest BCUT2D eigenvalue weighted by Crippen LogP contribution is -2.35. The number of carbonyl (C=O) groups excluding carboxylic acids is 4. The molecule has 1 N–H and O–H groups in total. The van der Waals surface area contributed by atoms with Crippen molar-refractivity contribution in [2.24, 2.45) is 0 Å². The van der Waals surface area contributed by atoms with Crippen molar-refractivity contribution in [2.75, 3.05) is 11.9 Å². The monoisotopic (exact) mass is 539 g/mol. The third-order valence-corrected chi connectivity index (χ3v) is 6.32. The second kappa shape index (κ2) is 12.8. The zero-order chi connectivity index (χ0) is 27.8. The number of Topliss-reactive ketones (excluding diaryl/α,β-unsaturated/α-hetero) is 2. The van der Waals surface area contributed by atoms with Gasteiger partial charge in [0.2, 0.25) is 0 Å². The molecule has 39 heavy (non-hydrogen) atoms. The highest BCUT2D eigenvalue weighted by Gasteiger charge is 2.27. The Morgan fingerprint density at radius 3 is 1.97 bits per heavy atom. The van der Waals surface area contributed by atoms with Crippen LogP contribution in [0.15, 0.2) is 103 Å². The van der Waals surface area contributed by atoms with Crippen molar-refractivity contribution in [1.82, 2.24) is 0 Å². The number of nitrogens with one attached hydrogen (secondary N) is 1. The molecule has 0 saturated heterocycles. The number of rotatable bonds is 11. The Kier molecular flexibility index (Phi) is 9.02. The summed E-state index contributed by atoms with van der Waals surface area (Å²) in [4.78, 5) is 52.1. The topological polar surface area (TPSA) is 89.5 Å². The third-order valence-electron chi connectivity index (χ3n) is 6.08. The summed E-state index contributed by atoms with van der Waals surface area (Å²) in [5.41, 5.74) is 2.80. The standard InChI is InChI=1S/C32H26ClNO5/c1-21-12-14-23(15-13-21)30(36)20-39-32(38)28(19-29(35)22-8-4-2-5-9-22)34-27-17-16-25(33)18-26(27)31(37)24-10-6-3-7-11-24/h2-18,28,34H,19-20H2,1H3/t28-/m1/s1. The van der Waals surface area contributed by atoms with Crippen LogP contribution in [0.3, 0.4) is 0 Å². The number of hydrogen-bond donors (Lipinski definition) is 1. The van der Waals surface area contributed by atoms with E-state index < -0.39 is 18.6 Å². The van der Waals surface area contributed by atoms with Crippen LogP contribution < -0.4 is 5.32 Å². The van der Waals surface area contributed by atoms with Gasteiger partial charge in [-0.3, -0.25) is 14.4 Å². The first-order valence-corrected chi connectivity index (χ1v) is 12.7. The number of carbonyl (C=O) groups is 4. The molecule has 6 nitrogen and oxygen atoms in total. The van der Waals surface area contributed by atoms with Crippen molar-refractivity contribution in [1.29, 1.82) is 0 Å². The van der Waals surface area contributed by atoms with E-state index in [1.807, 2.05) is 6.92 Å². The summed E-state index contributed by atoms with van der Waals surface area (Å²) in [5, 5.41) is 3.35. The molecule has 4 aromatic rings. The van der Waals surface area contributed by atoms with E-state index >= 15 is 0 Å². The maximum atomic E-state index is 13.3. The molecule has 0 amide bonds. The number of esters is 1. The van der Waals surface area contributed by atoms with Crippen LogP contribution in [0.2, 0.25) is 5.02 Å². The Hall–Kier alpha value is -4.55. The van der Waals surface area contributed by atoms with Crippen LogP contribution >= 0.6 is 11.6 Å². The van der Waals surface area contributed by atoms with E-state index in [2.05, 4.69) is 5.32 Å². The van der Waals surface area contributed by atoms with E-state index in [9.17, 15) is 19.2 Å². The average molecular weight is 540 g/mol. The van der Waals surface area contributed by atoms with Gasteiger partial charge in [-0.1, -0.05) is 102 Å². The number of anilines is 1. The van der Waals surface area contributed by atoms with Crippen molar-refractivity contribution in [3.05, 3.63) is 136 Å². The zero-order valence-corrected chi connectivity index (χ0v) is 22.0. The Morgan fingerprint density at radius 1 is 0.744 bits per heavy atom. The van der Waals surface area contributed by atoms with Gasteiger partial charge in [-0.05, 0) is 25.1 Å². The lowest BCUT2D eigenvalue weighted by atomic mass is 9.99. The van der Waals surface area contributed by atoms with Crippen LogP contribution in [0.4, 0.5) is 5.69 Å². The van der Waals surface area contributed by atoms with Gasteiger partial charge in [-0.2, -0.15) is 0 Å². The SMILES string of the molecule is Cc1ccc(C(=O)COC(=O)[C@@H](CC(=O)c2ccccc2)Nc2ccc(Cl)cc2C(=O)c2ccccc2)cc1. The summed E-state index contributed by atoms with van der Waals surface area (Å²) in [6.45, 7) is 1.41. The third kappa shape index (κ3) is 7.27. The van der Waals surface area contributed by atoms with Crippen molar-refractivity contribution in [2.45, 2.75) is 19.4 Å². The number of halogens is 1. The van der Waals surface area contributed by atoms with E-state index in [0.717, 1.165) is 5.56 Å². The first-order valence-electron chi connectivity index (χ1n) is 12.3. The molecule has 0 heterocycles. The lowest BCUT2D eigenvalue weighted by molar-refractivity contribution is -0.143. The molecule has 0 fully saturated rings. The molecule has 0 radical (unpaired) electrons. The van der Waals surface area contributed by atoms with Gasteiger partial charge in [0.25, 0.3) is 0 Å².